The Morgan fingerprint density at radius 3 is 2.80 bits per heavy atom. The van der Waals surface area contributed by atoms with E-state index >= 15 is 0 Å². The van der Waals surface area contributed by atoms with E-state index in [1.165, 1.54) is 30.1 Å². The van der Waals surface area contributed by atoms with Crippen molar-refractivity contribution in [2.75, 3.05) is 6.54 Å². The molecule has 2 aliphatic rings. The molecule has 2 aromatic heterocycles. The lowest BCUT2D eigenvalue weighted by atomic mass is 10.1. The van der Waals surface area contributed by atoms with Gasteiger partial charge in [0.2, 0.25) is 5.89 Å². The van der Waals surface area contributed by atoms with Crippen LogP contribution in [0.2, 0.25) is 0 Å². The van der Waals surface area contributed by atoms with Crippen LogP contribution in [0.15, 0.2) is 41.0 Å². The maximum Gasteiger partial charge on any atom is 0.226 e. The molecule has 5 rings (SSSR count). The van der Waals surface area contributed by atoms with Crippen molar-refractivity contribution < 1.29 is 4.42 Å². The number of benzene rings is 1. The number of nitrogens with zero attached hydrogens (tertiary/aromatic N) is 4. The van der Waals surface area contributed by atoms with Crippen LogP contribution in [-0.4, -0.2) is 26.0 Å². The first kappa shape index (κ1) is 14.9. The van der Waals surface area contributed by atoms with Gasteiger partial charge in [-0.25, -0.2) is 9.97 Å². The molecule has 0 unspecified atom stereocenters. The van der Waals surface area contributed by atoms with Gasteiger partial charge in [0.15, 0.2) is 0 Å². The lowest BCUT2D eigenvalue weighted by Gasteiger charge is -2.25. The van der Waals surface area contributed by atoms with Crippen LogP contribution in [0.5, 0.6) is 0 Å². The normalized spacial score (nSPS) is 17.6. The van der Waals surface area contributed by atoms with Crippen LogP contribution in [0.3, 0.4) is 0 Å². The summed E-state index contributed by atoms with van der Waals surface area (Å²) in [6.45, 7) is 2.76. The molecule has 0 saturated heterocycles. The van der Waals surface area contributed by atoms with E-state index in [9.17, 15) is 0 Å². The summed E-state index contributed by atoms with van der Waals surface area (Å²) >= 11 is 0. The predicted molar refractivity (Wildman–Crippen MR) is 94.9 cm³/mol. The van der Waals surface area contributed by atoms with Crippen LogP contribution in [0.4, 0.5) is 0 Å². The second-order valence-electron chi connectivity index (χ2n) is 7.17. The van der Waals surface area contributed by atoms with Crippen molar-refractivity contribution in [1.29, 1.82) is 0 Å². The standard InChI is InChI=1S/C20H22N4O/c1-23-18-9-10-24(12-17(18)22-19(23)14-7-8-14)11-16-13-25-20(21-16)15-5-3-2-4-6-15/h2-6,13-14H,7-12H2,1H3. The Morgan fingerprint density at radius 2 is 2.00 bits per heavy atom. The van der Waals surface area contributed by atoms with E-state index in [1.807, 2.05) is 30.3 Å². The maximum absolute atomic E-state index is 5.67. The molecule has 1 aliphatic heterocycles. The molecule has 0 amide bonds. The van der Waals surface area contributed by atoms with Crippen molar-refractivity contribution in [3.8, 4) is 11.5 Å². The SMILES string of the molecule is Cn1c(C2CC2)nc2c1CCN(Cc1coc(-c3ccccc3)n1)C2. The molecule has 128 valence electrons. The summed E-state index contributed by atoms with van der Waals surface area (Å²) < 4.78 is 8.01. The number of fused-ring (bicyclic) bond motifs is 1. The molecule has 5 nitrogen and oxygen atoms in total. The van der Waals surface area contributed by atoms with Gasteiger partial charge in [-0.2, -0.15) is 0 Å². The average molecular weight is 334 g/mol. The van der Waals surface area contributed by atoms with Gasteiger partial charge in [-0.1, -0.05) is 18.2 Å². The van der Waals surface area contributed by atoms with Crippen molar-refractivity contribution in [2.45, 2.75) is 38.3 Å². The monoisotopic (exact) mass is 334 g/mol. The quantitative estimate of drug-likeness (QED) is 0.732. The predicted octanol–water partition coefficient (Wildman–Crippen LogP) is 3.51. The Labute approximate surface area is 147 Å². The van der Waals surface area contributed by atoms with Gasteiger partial charge >= 0.3 is 0 Å². The van der Waals surface area contributed by atoms with Gasteiger partial charge in [0.25, 0.3) is 0 Å². The van der Waals surface area contributed by atoms with Gasteiger partial charge in [-0.15, -0.1) is 0 Å². The highest BCUT2D eigenvalue weighted by atomic mass is 16.3. The fourth-order valence-electron chi connectivity index (χ4n) is 3.77. The molecule has 0 spiro atoms. The summed E-state index contributed by atoms with van der Waals surface area (Å²) in [4.78, 5) is 12.0. The second-order valence-corrected chi connectivity index (χ2v) is 7.17. The molecule has 0 N–H and O–H groups in total. The van der Waals surface area contributed by atoms with Crippen LogP contribution in [0.1, 0.15) is 41.7 Å². The summed E-state index contributed by atoms with van der Waals surface area (Å²) in [5.41, 5.74) is 4.68. The lowest BCUT2D eigenvalue weighted by Crippen LogP contribution is -2.30. The zero-order valence-electron chi connectivity index (χ0n) is 14.5. The molecule has 1 aromatic carbocycles. The first-order valence-electron chi connectivity index (χ1n) is 9.04. The Hall–Kier alpha value is -2.40. The number of rotatable bonds is 4. The first-order chi connectivity index (χ1) is 12.3. The Balaban J connectivity index is 1.31. The summed E-state index contributed by atoms with van der Waals surface area (Å²) in [5, 5.41) is 0. The summed E-state index contributed by atoms with van der Waals surface area (Å²) in [5.74, 6) is 2.69. The third kappa shape index (κ3) is 2.78. The van der Waals surface area contributed by atoms with Crippen molar-refractivity contribution >= 4 is 0 Å². The molecule has 0 radical (unpaired) electrons. The maximum atomic E-state index is 5.67. The van der Waals surface area contributed by atoms with E-state index in [4.69, 9.17) is 9.40 Å². The zero-order chi connectivity index (χ0) is 16.8. The van der Waals surface area contributed by atoms with E-state index in [1.54, 1.807) is 6.26 Å². The van der Waals surface area contributed by atoms with Crippen LogP contribution in [0, 0.1) is 0 Å². The van der Waals surface area contributed by atoms with Crippen molar-refractivity contribution in [3.63, 3.8) is 0 Å². The first-order valence-corrected chi connectivity index (χ1v) is 9.04. The lowest BCUT2D eigenvalue weighted by molar-refractivity contribution is 0.237. The van der Waals surface area contributed by atoms with E-state index in [0.717, 1.165) is 37.3 Å². The molecule has 25 heavy (non-hydrogen) atoms. The Kier molecular flexibility index (Phi) is 3.48. The summed E-state index contributed by atoms with van der Waals surface area (Å²) in [6.07, 6.45) is 5.45. The van der Waals surface area contributed by atoms with E-state index in [-0.39, 0.29) is 0 Å². The topological polar surface area (TPSA) is 47.1 Å². The van der Waals surface area contributed by atoms with Gasteiger partial charge in [0.1, 0.15) is 12.1 Å². The summed E-state index contributed by atoms with van der Waals surface area (Å²) in [6, 6.07) is 10.1. The number of imidazole rings is 1. The Morgan fingerprint density at radius 1 is 1.16 bits per heavy atom. The fraction of sp³-hybridized carbons (Fsp3) is 0.400. The third-order valence-electron chi connectivity index (χ3n) is 5.27. The van der Waals surface area contributed by atoms with E-state index in [2.05, 4.69) is 21.5 Å². The van der Waals surface area contributed by atoms with Crippen molar-refractivity contribution in [1.82, 2.24) is 19.4 Å². The summed E-state index contributed by atoms with van der Waals surface area (Å²) in [7, 11) is 2.18. The van der Waals surface area contributed by atoms with Crippen molar-refractivity contribution in [3.05, 3.63) is 59.5 Å². The molecule has 1 saturated carbocycles. The number of hydrogen-bond acceptors (Lipinski definition) is 4. The molecule has 1 fully saturated rings. The molecule has 1 aliphatic carbocycles. The minimum Gasteiger partial charge on any atom is -0.444 e. The van der Waals surface area contributed by atoms with E-state index < -0.39 is 0 Å². The highest BCUT2D eigenvalue weighted by molar-refractivity contribution is 5.52. The Bertz CT molecular complexity index is 892. The average Bonchev–Trinajstić information content (AvgIpc) is 3.30. The van der Waals surface area contributed by atoms with Gasteiger partial charge in [0, 0.05) is 50.3 Å². The van der Waals surface area contributed by atoms with Gasteiger partial charge in [-0.05, 0) is 25.0 Å². The van der Waals surface area contributed by atoms with Gasteiger partial charge in [0.05, 0.1) is 11.4 Å². The van der Waals surface area contributed by atoms with Crippen LogP contribution >= 0.6 is 0 Å². The number of hydrogen-bond donors (Lipinski definition) is 0. The second kappa shape index (κ2) is 5.85. The fourth-order valence-corrected chi connectivity index (χ4v) is 3.77. The third-order valence-corrected chi connectivity index (χ3v) is 5.27. The highest BCUT2D eigenvalue weighted by Gasteiger charge is 2.31. The van der Waals surface area contributed by atoms with Crippen LogP contribution < -0.4 is 0 Å². The molecule has 5 heteroatoms. The highest BCUT2D eigenvalue weighted by Crippen LogP contribution is 2.40. The van der Waals surface area contributed by atoms with Gasteiger partial charge < -0.3 is 8.98 Å². The molecular weight excluding hydrogens is 312 g/mol. The van der Waals surface area contributed by atoms with Gasteiger partial charge in [-0.3, -0.25) is 4.90 Å². The largest absolute Gasteiger partial charge is 0.444 e. The molecule has 0 bridgehead atoms. The number of oxazole rings is 1. The molecular formula is C20H22N4O. The number of aromatic nitrogens is 3. The minimum atomic E-state index is 0.696. The van der Waals surface area contributed by atoms with Crippen LogP contribution in [-0.2, 0) is 26.6 Å². The molecule has 3 aromatic rings. The smallest absolute Gasteiger partial charge is 0.226 e. The van der Waals surface area contributed by atoms with E-state index in [0.29, 0.717) is 11.8 Å². The zero-order valence-corrected chi connectivity index (χ0v) is 14.5. The van der Waals surface area contributed by atoms with Crippen molar-refractivity contribution in [2.24, 2.45) is 7.05 Å². The molecule has 3 heterocycles. The minimum absolute atomic E-state index is 0.696. The molecule has 0 atom stereocenters. The van der Waals surface area contributed by atoms with Crippen LogP contribution in [0.25, 0.3) is 11.5 Å².